The van der Waals surface area contributed by atoms with Crippen LogP contribution in [-0.4, -0.2) is 30.3 Å². The molecule has 0 amide bonds. The number of Topliss-reactive ketones (excluding diaryl/α,β-unsaturated/α-hetero) is 1. The van der Waals surface area contributed by atoms with Gasteiger partial charge in [-0.05, 0) is 74.2 Å². The fraction of sp³-hybridized carbons (Fsp3) is 0.476. The largest absolute Gasteiger partial charge is 0.303 e. The molecule has 24 heavy (non-hydrogen) atoms. The van der Waals surface area contributed by atoms with Crippen LogP contribution in [0.25, 0.3) is 10.4 Å². The molecule has 1 aliphatic carbocycles. The van der Waals surface area contributed by atoms with Gasteiger partial charge >= 0.3 is 0 Å². The van der Waals surface area contributed by atoms with E-state index in [4.69, 9.17) is 0 Å². The third-order valence-corrected chi connectivity index (χ3v) is 6.78. The highest BCUT2D eigenvalue weighted by atomic mass is 32.1. The third kappa shape index (κ3) is 2.96. The summed E-state index contributed by atoms with van der Waals surface area (Å²) in [7, 11) is 0. The average molecular weight is 340 g/mol. The highest BCUT2D eigenvalue weighted by molar-refractivity contribution is 7.13. The fourth-order valence-corrected chi connectivity index (χ4v) is 5.10. The molecule has 2 heterocycles. The smallest absolute Gasteiger partial charge is 0.140 e. The average Bonchev–Trinajstić information content (AvgIpc) is 3.28. The molecule has 2 nitrogen and oxygen atoms in total. The van der Waals surface area contributed by atoms with Gasteiger partial charge in [-0.1, -0.05) is 30.3 Å². The second kappa shape index (κ2) is 6.45. The molecule has 0 unspecified atom stereocenters. The van der Waals surface area contributed by atoms with E-state index in [9.17, 15) is 4.79 Å². The summed E-state index contributed by atoms with van der Waals surface area (Å²) in [5.41, 5.74) is 2.21. The molecule has 2 aromatic rings. The predicted octanol–water partition coefficient (Wildman–Crippen LogP) is 4.75. The molecule has 1 aliphatic heterocycles. The first-order valence-corrected chi connectivity index (χ1v) is 9.94. The van der Waals surface area contributed by atoms with E-state index in [0.29, 0.717) is 5.78 Å². The molecule has 1 aromatic carbocycles. The Labute approximate surface area is 148 Å². The lowest BCUT2D eigenvalue weighted by Crippen LogP contribution is -2.47. The monoisotopic (exact) mass is 339 g/mol. The van der Waals surface area contributed by atoms with Gasteiger partial charge in [-0.25, -0.2) is 0 Å². The highest BCUT2D eigenvalue weighted by Crippen LogP contribution is 2.44. The number of thiophene rings is 1. The molecule has 0 spiro atoms. The number of likely N-dealkylation sites (tertiary alicyclic amines) is 1. The molecule has 1 saturated carbocycles. The maximum Gasteiger partial charge on any atom is 0.140 e. The van der Waals surface area contributed by atoms with Crippen molar-refractivity contribution in [2.75, 3.05) is 19.6 Å². The number of rotatable bonds is 5. The van der Waals surface area contributed by atoms with Crippen LogP contribution in [-0.2, 0) is 10.2 Å². The Bertz CT molecular complexity index is 708. The number of carbonyl (C=O) groups excluding carboxylic acids is 1. The molecule has 3 heteroatoms. The Hall–Kier alpha value is -1.45. The van der Waals surface area contributed by atoms with Crippen molar-refractivity contribution in [1.29, 1.82) is 0 Å². The first kappa shape index (κ1) is 16.0. The summed E-state index contributed by atoms with van der Waals surface area (Å²) in [6.07, 6.45) is 4.73. The van der Waals surface area contributed by atoms with Gasteiger partial charge in [0.05, 0.1) is 5.41 Å². The van der Waals surface area contributed by atoms with E-state index in [0.717, 1.165) is 31.8 Å². The molecule has 1 aromatic heterocycles. The summed E-state index contributed by atoms with van der Waals surface area (Å²) < 4.78 is 0. The van der Waals surface area contributed by atoms with Crippen molar-refractivity contribution < 1.29 is 4.79 Å². The highest BCUT2D eigenvalue weighted by Gasteiger charge is 2.43. The molecule has 126 valence electrons. The molecular weight excluding hydrogens is 314 g/mol. The van der Waals surface area contributed by atoms with Crippen LogP contribution in [0.1, 0.15) is 38.2 Å². The summed E-state index contributed by atoms with van der Waals surface area (Å²) in [5.74, 6) is 1.26. The van der Waals surface area contributed by atoms with Crippen LogP contribution in [0.3, 0.4) is 0 Å². The van der Waals surface area contributed by atoms with Gasteiger partial charge in [0.15, 0.2) is 0 Å². The van der Waals surface area contributed by atoms with Crippen LogP contribution >= 0.6 is 11.3 Å². The van der Waals surface area contributed by atoms with Gasteiger partial charge in [-0.15, -0.1) is 11.3 Å². The zero-order valence-electron chi connectivity index (χ0n) is 14.3. The summed E-state index contributed by atoms with van der Waals surface area (Å²) in [5, 5.41) is 2.15. The molecule has 0 radical (unpaired) electrons. The van der Waals surface area contributed by atoms with Crippen molar-refractivity contribution in [3.63, 3.8) is 0 Å². The predicted molar refractivity (Wildman–Crippen MR) is 101 cm³/mol. The molecule has 0 N–H and O–H groups in total. The van der Waals surface area contributed by atoms with Gasteiger partial charge in [0, 0.05) is 11.4 Å². The van der Waals surface area contributed by atoms with Gasteiger partial charge in [-0.2, -0.15) is 0 Å². The molecule has 1 saturated heterocycles. The van der Waals surface area contributed by atoms with E-state index in [-0.39, 0.29) is 5.41 Å². The maximum atomic E-state index is 12.7. The summed E-state index contributed by atoms with van der Waals surface area (Å²) in [4.78, 5) is 16.6. The number of hydrogen-bond acceptors (Lipinski definition) is 3. The number of carbonyl (C=O) groups is 1. The number of ketones is 1. The van der Waals surface area contributed by atoms with E-state index in [1.807, 2.05) is 6.07 Å². The normalized spacial score (nSPS) is 20.9. The zero-order chi connectivity index (χ0) is 16.6. The number of piperidine rings is 1. The van der Waals surface area contributed by atoms with E-state index in [1.54, 1.807) is 18.3 Å². The van der Waals surface area contributed by atoms with Crippen molar-refractivity contribution in [2.45, 2.75) is 38.0 Å². The fourth-order valence-electron chi connectivity index (χ4n) is 4.09. The molecule has 2 fully saturated rings. The standard InChI is InChI=1S/C21H25NOS/c1-16(23)21(10-12-22(13-11-21)15-17-7-8-17)19-9-14-24-20(19)18-5-3-2-4-6-18/h2-6,9,14,17H,7-8,10-13,15H2,1H3. The van der Waals surface area contributed by atoms with Crippen LogP contribution in [0.4, 0.5) is 0 Å². The van der Waals surface area contributed by atoms with Crippen molar-refractivity contribution in [3.8, 4) is 10.4 Å². The first-order valence-electron chi connectivity index (χ1n) is 9.06. The Morgan fingerprint density at radius 2 is 1.88 bits per heavy atom. The SMILES string of the molecule is CC(=O)C1(c2ccsc2-c2ccccc2)CCN(CC2CC2)CC1. The first-order chi connectivity index (χ1) is 11.7. The van der Waals surface area contributed by atoms with E-state index >= 15 is 0 Å². The van der Waals surface area contributed by atoms with E-state index in [1.165, 1.54) is 35.4 Å². The van der Waals surface area contributed by atoms with Gasteiger partial charge in [0.1, 0.15) is 5.78 Å². The van der Waals surface area contributed by atoms with E-state index < -0.39 is 0 Å². The zero-order valence-corrected chi connectivity index (χ0v) is 15.1. The summed E-state index contributed by atoms with van der Waals surface area (Å²) in [6, 6.07) is 12.7. The van der Waals surface area contributed by atoms with E-state index in [2.05, 4.69) is 40.6 Å². The minimum Gasteiger partial charge on any atom is -0.303 e. The molecular formula is C21H25NOS. The second-order valence-electron chi connectivity index (χ2n) is 7.41. The summed E-state index contributed by atoms with van der Waals surface area (Å²) >= 11 is 1.77. The van der Waals surface area contributed by atoms with Crippen LogP contribution in [0.2, 0.25) is 0 Å². The van der Waals surface area contributed by atoms with Crippen LogP contribution < -0.4 is 0 Å². The van der Waals surface area contributed by atoms with Gasteiger partial charge < -0.3 is 4.90 Å². The van der Waals surface area contributed by atoms with Gasteiger partial charge in [-0.3, -0.25) is 4.79 Å². The van der Waals surface area contributed by atoms with Crippen LogP contribution in [0.15, 0.2) is 41.8 Å². The Morgan fingerprint density at radius 1 is 1.17 bits per heavy atom. The lowest BCUT2D eigenvalue weighted by molar-refractivity contribution is -0.124. The van der Waals surface area contributed by atoms with Crippen molar-refractivity contribution >= 4 is 17.1 Å². The lowest BCUT2D eigenvalue weighted by Gasteiger charge is -2.41. The Kier molecular flexibility index (Phi) is 4.31. The third-order valence-electron chi connectivity index (χ3n) is 5.81. The molecule has 0 atom stereocenters. The minimum absolute atomic E-state index is 0.286. The molecule has 2 aliphatic rings. The number of benzene rings is 1. The lowest BCUT2D eigenvalue weighted by atomic mass is 9.69. The molecule has 0 bridgehead atoms. The minimum atomic E-state index is -0.286. The topological polar surface area (TPSA) is 20.3 Å². The van der Waals surface area contributed by atoms with Gasteiger partial charge in [0.25, 0.3) is 0 Å². The number of hydrogen-bond donors (Lipinski definition) is 0. The van der Waals surface area contributed by atoms with Crippen molar-refractivity contribution in [2.24, 2.45) is 5.92 Å². The maximum absolute atomic E-state index is 12.7. The second-order valence-corrected chi connectivity index (χ2v) is 8.33. The van der Waals surface area contributed by atoms with Crippen LogP contribution in [0, 0.1) is 5.92 Å². The van der Waals surface area contributed by atoms with Crippen molar-refractivity contribution in [3.05, 3.63) is 47.3 Å². The molecule has 4 rings (SSSR count). The quantitative estimate of drug-likeness (QED) is 0.783. The summed E-state index contributed by atoms with van der Waals surface area (Å²) in [6.45, 7) is 5.15. The van der Waals surface area contributed by atoms with Gasteiger partial charge in [0.2, 0.25) is 0 Å². The Morgan fingerprint density at radius 3 is 2.50 bits per heavy atom. The number of nitrogens with zero attached hydrogens (tertiary/aromatic N) is 1. The Balaban J connectivity index is 1.63. The van der Waals surface area contributed by atoms with Crippen LogP contribution in [0.5, 0.6) is 0 Å². The van der Waals surface area contributed by atoms with Crippen molar-refractivity contribution in [1.82, 2.24) is 4.90 Å².